The summed E-state index contributed by atoms with van der Waals surface area (Å²) in [5, 5.41) is 11.2. The summed E-state index contributed by atoms with van der Waals surface area (Å²) in [6.07, 6.45) is 7.72. The summed E-state index contributed by atoms with van der Waals surface area (Å²) in [6, 6.07) is 0. The topological polar surface area (TPSA) is 29.5 Å². The Morgan fingerprint density at radius 3 is 2.36 bits per heavy atom. The predicted octanol–water partition coefficient (Wildman–Crippen LogP) is 5.14. The van der Waals surface area contributed by atoms with Crippen molar-refractivity contribution in [2.45, 2.75) is 90.6 Å². The van der Waals surface area contributed by atoms with E-state index in [9.17, 15) is 5.11 Å². The Kier molecular flexibility index (Phi) is 4.52. The van der Waals surface area contributed by atoms with E-state index in [2.05, 4.69) is 59.9 Å². The minimum atomic E-state index is -1.79. The highest BCUT2D eigenvalue weighted by Gasteiger charge is 2.57. The maximum atomic E-state index is 11.0. The number of hydrogen-bond donors (Lipinski definition) is 1. The van der Waals surface area contributed by atoms with Crippen LogP contribution in [0.4, 0.5) is 0 Å². The molecule has 1 N–H and O–H groups in total. The van der Waals surface area contributed by atoms with Crippen LogP contribution < -0.4 is 0 Å². The molecule has 5 atom stereocenters. The Morgan fingerprint density at radius 1 is 1.23 bits per heavy atom. The fraction of sp³-hybridized carbons (Fsp3) is 0.895. The summed E-state index contributed by atoms with van der Waals surface area (Å²) in [6.45, 7) is 18.3. The van der Waals surface area contributed by atoms with Crippen molar-refractivity contribution in [2.75, 3.05) is 0 Å². The molecule has 2 aliphatic rings. The molecular formula is C19H36O2Si. The molecule has 22 heavy (non-hydrogen) atoms. The predicted molar refractivity (Wildman–Crippen MR) is 96.4 cm³/mol. The van der Waals surface area contributed by atoms with Gasteiger partial charge in [0.2, 0.25) is 0 Å². The lowest BCUT2D eigenvalue weighted by Crippen LogP contribution is -2.60. The van der Waals surface area contributed by atoms with Crippen molar-refractivity contribution < 1.29 is 9.53 Å². The first kappa shape index (κ1) is 18.2. The van der Waals surface area contributed by atoms with E-state index in [4.69, 9.17) is 4.43 Å². The lowest BCUT2D eigenvalue weighted by molar-refractivity contribution is -0.160. The highest BCUT2D eigenvalue weighted by atomic mass is 28.4. The molecule has 0 heterocycles. The zero-order valence-corrected chi connectivity index (χ0v) is 16.9. The van der Waals surface area contributed by atoms with Crippen molar-refractivity contribution in [3.05, 3.63) is 12.2 Å². The Hall–Kier alpha value is -0.123. The maximum absolute atomic E-state index is 11.0. The van der Waals surface area contributed by atoms with Crippen LogP contribution >= 0.6 is 0 Å². The number of aliphatic hydroxyl groups is 1. The molecule has 0 unspecified atom stereocenters. The van der Waals surface area contributed by atoms with Gasteiger partial charge in [0.15, 0.2) is 8.32 Å². The Labute approximate surface area is 138 Å². The molecule has 1 fully saturated rings. The summed E-state index contributed by atoms with van der Waals surface area (Å²) >= 11 is 0. The van der Waals surface area contributed by atoms with Crippen molar-refractivity contribution in [3.63, 3.8) is 0 Å². The molecule has 128 valence electrons. The van der Waals surface area contributed by atoms with Crippen molar-refractivity contribution in [2.24, 2.45) is 17.3 Å². The van der Waals surface area contributed by atoms with Gasteiger partial charge in [-0.05, 0) is 50.2 Å². The van der Waals surface area contributed by atoms with Crippen molar-refractivity contribution in [3.8, 4) is 0 Å². The van der Waals surface area contributed by atoms with Gasteiger partial charge in [0.25, 0.3) is 0 Å². The highest BCUT2D eigenvalue weighted by Crippen LogP contribution is 2.56. The Bertz CT molecular complexity index is 447. The van der Waals surface area contributed by atoms with E-state index in [1.54, 1.807) is 0 Å². The van der Waals surface area contributed by atoms with Gasteiger partial charge < -0.3 is 9.53 Å². The second-order valence-electron chi connectivity index (χ2n) is 9.74. The molecule has 2 aliphatic carbocycles. The third-order valence-corrected chi connectivity index (χ3v) is 11.3. The number of rotatable bonds is 2. The molecule has 2 rings (SSSR count). The van der Waals surface area contributed by atoms with Gasteiger partial charge in [-0.3, -0.25) is 0 Å². The van der Waals surface area contributed by atoms with Crippen molar-refractivity contribution >= 4 is 8.32 Å². The van der Waals surface area contributed by atoms with Crippen LogP contribution in [-0.2, 0) is 4.43 Å². The molecule has 3 heteroatoms. The summed E-state index contributed by atoms with van der Waals surface area (Å²) in [5.74, 6) is 0.702. The minimum absolute atomic E-state index is 0.0471. The third-order valence-electron chi connectivity index (χ3n) is 6.79. The van der Waals surface area contributed by atoms with Crippen molar-refractivity contribution in [1.82, 2.24) is 0 Å². The van der Waals surface area contributed by atoms with E-state index >= 15 is 0 Å². The monoisotopic (exact) mass is 324 g/mol. The second kappa shape index (κ2) is 5.46. The summed E-state index contributed by atoms with van der Waals surface area (Å²) < 4.78 is 6.85. The first-order valence-electron chi connectivity index (χ1n) is 8.88. The SMILES string of the molecule is C[C@@H]1C=CC[C@]2(C)[C@@H](O[Si](C)(C)C(C)(C)C)CC[C@@](C)(O)[C@@H]12. The molecule has 0 aromatic heterocycles. The van der Waals surface area contributed by atoms with Gasteiger partial charge >= 0.3 is 0 Å². The van der Waals surface area contributed by atoms with Crippen LogP contribution in [0.25, 0.3) is 0 Å². The summed E-state index contributed by atoms with van der Waals surface area (Å²) in [7, 11) is -1.79. The van der Waals surface area contributed by atoms with Crippen LogP contribution in [0, 0.1) is 17.3 Å². The summed E-state index contributed by atoms with van der Waals surface area (Å²) in [4.78, 5) is 0. The number of fused-ring (bicyclic) bond motifs is 1. The van der Waals surface area contributed by atoms with Crippen LogP contribution in [0.5, 0.6) is 0 Å². The van der Waals surface area contributed by atoms with Gasteiger partial charge in [0, 0.05) is 11.3 Å². The second-order valence-corrected chi connectivity index (χ2v) is 14.5. The molecular weight excluding hydrogens is 288 g/mol. The van der Waals surface area contributed by atoms with Crippen LogP contribution in [0.15, 0.2) is 12.2 Å². The van der Waals surface area contributed by atoms with Crippen LogP contribution in [0.2, 0.25) is 18.1 Å². The van der Waals surface area contributed by atoms with E-state index in [1.165, 1.54) is 0 Å². The van der Waals surface area contributed by atoms with Crippen LogP contribution in [0.3, 0.4) is 0 Å². The smallest absolute Gasteiger partial charge is 0.192 e. The average molecular weight is 325 g/mol. The zero-order chi connectivity index (χ0) is 17.0. The van der Waals surface area contributed by atoms with Gasteiger partial charge in [-0.1, -0.05) is 46.8 Å². The number of hydrogen-bond acceptors (Lipinski definition) is 2. The fourth-order valence-corrected chi connectivity index (χ4v) is 6.07. The van der Waals surface area contributed by atoms with E-state index < -0.39 is 13.9 Å². The maximum Gasteiger partial charge on any atom is 0.192 e. The quantitative estimate of drug-likeness (QED) is 0.563. The highest BCUT2D eigenvalue weighted by molar-refractivity contribution is 6.74. The van der Waals surface area contributed by atoms with Crippen LogP contribution in [-0.4, -0.2) is 25.1 Å². The van der Waals surface area contributed by atoms with Gasteiger partial charge in [-0.15, -0.1) is 0 Å². The van der Waals surface area contributed by atoms with Gasteiger partial charge in [0.1, 0.15) is 0 Å². The lowest BCUT2D eigenvalue weighted by atomic mass is 9.53. The van der Waals surface area contributed by atoms with Gasteiger partial charge in [-0.25, -0.2) is 0 Å². The molecule has 0 amide bonds. The minimum Gasteiger partial charge on any atom is -0.413 e. The first-order chi connectivity index (χ1) is 9.81. The Balaban J connectivity index is 2.33. The van der Waals surface area contributed by atoms with Crippen molar-refractivity contribution in [1.29, 1.82) is 0 Å². The van der Waals surface area contributed by atoms with Crippen LogP contribution in [0.1, 0.15) is 60.8 Å². The molecule has 0 aromatic carbocycles. The van der Waals surface area contributed by atoms with E-state index in [1.807, 2.05) is 6.92 Å². The zero-order valence-electron chi connectivity index (χ0n) is 15.9. The van der Waals surface area contributed by atoms with E-state index in [0.717, 1.165) is 19.3 Å². The largest absolute Gasteiger partial charge is 0.413 e. The average Bonchev–Trinajstić information content (AvgIpc) is 2.31. The lowest BCUT2D eigenvalue weighted by Gasteiger charge is -2.58. The standard InChI is InChI=1S/C19H36O2Si/c1-14-10-9-12-18(5)15(11-13-19(6,20)16(14)18)21-22(7,8)17(2,3)4/h9-10,14-16,20H,11-13H2,1-8H3/t14-,15+,16+,18-,19-/m1/s1. The molecule has 2 nitrogen and oxygen atoms in total. The number of allylic oxidation sites excluding steroid dienone is 2. The van der Waals surface area contributed by atoms with Gasteiger partial charge in [-0.2, -0.15) is 0 Å². The molecule has 0 spiro atoms. The molecule has 0 radical (unpaired) electrons. The molecule has 1 saturated carbocycles. The Morgan fingerprint density at radius 2 is 1.82 bits per heavy atom. The molecule has 0 aromatic rings. The van der Waals surface area contributed by atoms with E-state index in [-0.39, 0.29) is 22.5 Å². The molecule has 0 aliphatic heterocycles. The molecule has 0 saturated heterocycles. The van der Waals surface area contributed by atoms with Gasteiger partial charge in [0.05, 0.1) is 11.7 Å². The normalized spacial score (nSPS) is 43.0. The van der Waals surface area contributed by atoms with E-state index in [0.29, 0.717) is 5.92 Å². The first-order valence-corrected chi connectivity index (χ1v) is 11.8. The summed E-state index contributed by atoms with van der Waals surface area (Å²) in [5.41, 5.74) is -0.530. The third kappa shape index (κ3) is 2.96. The molecule has 0 bridgehead atoms. The fourth-order valence-electron chi connectivity index (χ4n) is 4.62.